The van der Waals surface area contributed by atoms with Crippen LogP contribution in [-0.4, -0.2) is 37.6 Å². The van der Waals surface area contributed by atoms with Crippen LogP contribution in [0, 0.1) is 5.41 Å². The number of benzene rings is 2. The molecule has 170 valence electrons. The van der Waals surface area contributed by atoms with Crippen molar-refractivity contribution in [2.75, 3.05) is 26.7 Å². The molecule has 1 saturated heterocycles. The molecular formula is C28H34ClNO2. The highest BCUT2D eigenvalue weighted by Crippen LogP contribution is 2.43. The molecule has 2 aliphatic rings. The minimum absolute atomic E-state index is 0.272. The summed E-state index contributed by atoms with van der Waals surface area (Å²) in [6, 6.07) is 16.4. The molecule has 1 aliphatic carbocycles. The summed E-state index contributed by atoms with van der Waals surface area (Å²) >= 11 is 6.14. The van der Waals surface area contributed by atoms with E-state index in [9.17, 15) is 4.79 Å². The molecule has 1 fully saturated rings. The van der Waals surface area contributed by atoms with Crippen LogP contribution in [0.4, 0.5) is 0 Å². The number of rotatable bonds is 5. The molecule has 0 atom stereocenters. The number of hydrogen-bond acceptors (Lipinski definition) is 3. The number of piperidine rings is 1. The number of nitrogens with zero attached hydrogens (tertiary/aromatic N) is 1. The Bertz CT molecular complexity index is 967. The van der Waals surface area contributed by atoms with Gasteiger partial charge in [0, 0.05) is 11.6 Å². The van der Waals surface area contributed by atoms with Gasteiger partial charge >= 0.3 is 5.97 Å². The summed E-state index contributed by atoms with van der Waals surface area (Å²) in [4.78, 5) is 14.3. The zero-order valence-corrected chi connectivity index (χ0v) is 20.3. The normalized spacial score (nSPS) is 19.8. The quantitative estimate of drug-likeness (QED) is 0.459. The second-order valence-electron chi connectivity index (χ2n) is 10.1. The van der Waals surface area contributed by atoms with Crippen LogP contribution in [0.2, 0.25) is 5.02 Å². The number of hydrogen-bond donors (Lipinski definition) is 0. The highest BCUT2D eigenvalue weighted by molar-refractivity contribution is 6.30. The number of halogens is 1. The SMILES string of the molecule is COC(=O)c1ccc(C2CCN(CC3=C(c4ccc(Cl)cc4)CCC(C)(C)C3)CC2)cc1. The third-order valence-electron chi connectivity index (χ3n) is 7.17. The molecular weight excluding hydrogens is 418 g/mol. The van der Waals surface area contributed by atoms with Crippen LogP contribution in [0.15, 0.2) is 54.1 Å². The van der Waals surface area contributed by atoms with Gasteiger partial charge in [-0.05, 0) is 97.5 Å². The predicted molar refractivity (Wildman–Crippen MR) is 132 cm³/mol. The maximum absolute atomic E-state index is 11.7. The number of carbonyl (C=O) groups is 1. The van der Waals surface area contributed by atoms with E-state index in [0.29, 0.717) is 16.9 Å². The van der Waals surface area contributed by atoms with E-state index in [4.69, 9.17) is 16.3 Å². The smallest absolute Gasteiger partial charge is 0.337 e. The molecule has 0 unspecified atom stereocenters. The zero-order chi connectivity index (χ0) is 22.7. The Hall–Kier alpha value is -2.10. The number of allylic oxidation sites excluding steroid dienone is 1. The van der Waals surface area contributed by atoms with E-state index in [1.165, 1.54) is 36.7 Å². The molecule has 1 aliphatic heterocycles. The summed E-state index contributed by atoms with van der Waals surface area (Å²) in [5.74, 6) is 0.289. The van der Waals surface area contributed by atoms with Gasteiger partial charge < -0.3 is 4.74 Å². The number of likely N-dealkylation sites (tertiary alicyclic amines) is 1. The lowest BCUT2D eigenvalue weighted by Gasteiger charge is -2.38. The Balaban J connectivity index is 1.43. The van der Waals surface area contributed by atoms with Crippen molar-refractivity contribution < 1.29 is 9.53 Å². The molecule has 3 nitrogen and oxygen atoms in total. The fourth-order valence-electron chi connectivity index (χ4n) is 5.27. The molecule has 4 rings (SSSR count). The van der Waals surface area contributed by atoms with E-state index in [0.717, 1.165) is 43.9 Å². The topological polar surface area (TPSA) is 29.5 Å². The fourth-order valence-corrected chi connectivity index (χ4v) is 5.39. The largest absolute Gasteiger partial charge is 0.465 e. The standard InChI is InChI=1S/C28H34ClNO2/c1-28(2)15-12-26(22-8-10-25(29)11-9-22)24(18-28)19-30-16-13-21(14-17-30)20-4-6-23(7-5-20)27(31)32-3/h4-11,21H,12-19H2,1-3H3. The van der Waals surface area contributed by atoms with Crippen molar-refractivity contribution in [1.29, 1.82) is 0 Å². The Labute approximate surface area is 197 Å². The molecule has 4 heteroatoms. The van der Waals surface area contributed by atoms with Gasteiger partial charge in [0.15, 0.2) is 0 Å². The van der Waals surface area contributed by atoms with Gasteiger partial charge in [0.25, 0.3) is 0 Å². The molecule has 0 amide bonds. The second kappa shape index (κ2) is 9.80. The van der Waals surface area contributed by atoms with E-state index < -0.39 is 0 Å². The maximum atomic E-state index is 11.7. The van der Waals surface area contributed by atoms with Crippen molar-refractivity contribution in [2.24, 2.45) is 5.41 Å². The van der Waals surface area contributed by atoms with Crippen molar-refractivity contribution >= 4 is 23.1 Å². The number of esters is 1. The monoisotopic (exact) mass is 451 g/mol. The first-order valence-corrected chi connectivity index (χ1v) is 12.1. The minimum atomic E-state index is -0.272. The van der Waals surface area contributed by atoms with Crippen LogP contribution >= 0.6 is 11.6 Å². The Morgan fingerprint density at radius 3 is 2.34 bits per heavy atom. The van der Waals surface area contributed by atoms with Gasteiger partial charge in [0.2, 0.25) is 0 Å². The second-order valence-corrected chi connectivity index (χ2v) is 10.5. The molecule has 0 radical (unpaired) electrons. The molecule has 0 aromatic heterocycles. The first kappa shape index (κ1) is 23.1. The molecule has 2 aromatic carbocycles. The number of methoxy groups -OCH3 is 1. The third-order valence-corrected chi connectivity index (χ3v) is 7.42. The van der Waals surface area contributed by atoms with Crippen molar-refractivity contribution in [1.82, 2.24) is 4.90 Å². The zero-order valence-electron chi connectivity index (χ0n) is 19.5. The summed E-state index contributed by atoms with van der Waals surface area (Å²) in [6.45, 7) is 8.09. The van der Waals surface area contributed by atoms with Gasteiger partial charge in [-0.15, -0.1) is 0 Å². The van der Waals surface area contributed by atoms with Crippen molar-refractivity contribution in [3.8, 4) is 0 Å². The fraction of sp³-hybridized carbons (Fsp3) is 0.464. The molecule has 2 aromatic rings. The Morgan fingerprint density at radius 1 is 1.06 bits per heavy atom. The van der Waals surface area contributed by atoms with Crippen LogP contribution in [0.3, 0.4) is 0 Å². The molecule has 0 spiro atoms. The van der Waals surface area contributed by atoms with Crippen LogP contribution in [0.25, 0.3) is 5.57 Å². The Morgan fingerprint density at radius 2 is 1.72 bits per heavy atom. The molecule has 0 saturated carbocycles. The first-order valence-electron chi connectivity index (χ1n) is 11.7. The van der Waals surface area contributed by atoms with Gasteiger partial charge in [0.1, 0.15) is 0 Å². The van der Waals surface area contributed by atoms with Crippen molar-refractivity contribution in [3.05, 3.63) is 75.8 Å². The summed E-state index contributed by atoms with van der Waals surface area (Å²) < 4.78 is 4.81. The summed E-state index contributed by atoms with van der Waals surface area (Å²) in [5, 5.41) is 0.800. The van der Waals surface area contributed by atoms with Crippen molar-refractivity contribution in [2.45, 2.75) is 51.9 Å². The lowest BCUT2D eigenvalue weighted by molar-refractivity contribution is 0.0600. The van der Waals surface area contributed by atoms with Gasteiger partial charge in [0.05, 0.1) is 12.7 Å². The molecule has 1 heterocycles. The van der Waals surface area contributed by atoms with Crippen LogP contribution in [0.1, 0.15) is 73.4 Å². The van der Waals surface area contributed by atoms with Crippen LogP contribution in [0.5, 0.6) is 0 Å². The van der Waals surface area contributed by atoms with E-state index in [2.05, 4.69) is 43.0 Å². The van der Waals surface area contributed by atoms with Crippen LogP contribution < -0.4 is 0 Å². The van der Waals surface area contributed by atoms with E-state index >= 15 is 0 Å². The predicted octanol–water partition coefficient (Wildman–Crippen LogP) is 6.97. The number of ether oxygens (including phenoxy) is 1. The lowest BCUT2D eigenvalue weighted by Crippen LogP contribution is -2.36. The van der Waals surface area contributed by atoms with Gasteiger partial charge in [-0.3, -0.25) is 4.90 Å². The minimum Gasteiger partial charge on any atom is -0.465 e. The van der Waals surface area contributed by atoms with E-state index in [1.54, 1.807) is 5.57 Å². The van der Waals surface area contributed by atoms with E-state index in [1.807, 2.05) is 24.3 Å². The highest BCUT2D eigenvalue weighted by atomic mass is 35.5. The third kappa shape index (κ3) is 5.44. The van der Waals surface area contributed by atoms with Gasteiger partial charge in [-0.1, -0.05) is 55.3 Å². The summed E-state index contributed by atoms with van der Waals surface area (Å²) in [7, 11) is 1.42. The Kier molecular flexibility index (Phi) is 7.07. The lowest BCUT2D eigenvalue weighted by atomic mass is 9.72. The molecule has 32 heavy (non-hydrogen) atoms. The average Bonchev–Trinajstić information content (AvgIpc) is 2.80. The highest BCUT2D eigenvalue weighted by Gasteiger charge is 2.29. The number of carbonyl (C=O) groups excluding carboxylic acids is 1. The van der Waals surface area contributed by atoms with Gasteiger partial charge in [-0.2, -0.15) is 0 Å². The maximum Gasteiger partial charge on any atom is 0.337 e. The average molecular weight is 452 g/mol. The first-order chi connectivity index (χ1) is 15.3. The summed E-state index contributed by atoms with van der Waals surface area (Å²) in [5.41, 5.74) is 6.78. The van der Waals surface area contributed by atoms with E-state index in [-0.39, 0.29) is 5.97 Å². The van der Waals surface area contributed by atoms with Crippen LogP contribution in [-0.2, 0) is 4.74 Å². The molecule has 0 N–H and O–H groups in total. The molecule has 0 bridgehead atoms. The summed E-state index contributed by atoms with van der Waals surface area (Å²) in [6.07, 6.45) is 5.86. The van der Waals surface area contributed by atoms with Gasteiger partial charge in [-0.25, -0.2) is 4.79 Å². The van der Waals surface area contributed by atoms with Crippen molar-refractivity contribution in [3.63, 3.8) is 0 Å².